The number of ketones is 1. The van der Waals surface area contributed by atoms with Crippen molar-refractivity contribution in [2.75, 3.05) is 0 Å². The fraction of sp³-hybridized carbons (Fsp3) is 0.162. The van der Waals surface area contributed by atoms with Gasteiger partial charge in [0.15, 0.2) is 5.78 Å². The van der Waals surface area contributed by atoms with Crippen LogP contribution in [0, 0.1) is 28.3 Å². The molecule has 0 radical (unpaired) electrons. The zero-order chi connectivity index (χ0) is 36.3. The van der Waals surface area contributed by atoms with Crippen molar-refractivity contribution in [2.45, 2.75) is 43.4 Å². The third-order valence-corrected chi connectivity index (χ3v) is 14.4. The van der Waals surface area contributed by atoms with Crippen LogP contribution in [0.15, 0.2) is 71.6 Å². The van der Waals surface area contributed by atoms with Crippen molar-refractivity contribution in [2.24, 2.45) is 0 Å². The van der Waals surface area contributed by atoms with Gasteiger partial charge in [-0.1, -0.05) is 12.1 Å². The largest absolute Gasteiger partial charge is 0.507 e. The molecule has 12 heteroatoms. The van der Waals surface area contributed by atoms with Crippen molar-refractivity contribution in [3.63, 3.8) is 0 Å². The summed E-state index contributed by atoms with van der Waals surface area (Å²) in [6, 6.07) is 21.5. The number of Topliss-reactive ketones (excluding diaryl/α,β-unsaturated/α-hetero) is 1. The van der Waals surface area contributed by atoms with E-state index in [1.165, 1.54) is 0 Å². The molecule has 4 N–H and O–H groups in total. The van der Waals surface area contributed by atoms with Crippen molar-refractivity contribution >= 4 is 154 Å². The van der Waals surface area contributed by atoms with Crippen LogP contribution in [-0.4, -0.2) is 26.2 Å². The van der Waals surface area contributed by atoms with Crippen molar-refractivity contribution in [3.8, 4) is 23.0 Å². The van der Waals surface area contributed by atoms with Crippen LogP contribution < -0.4 is 0 Å². The summed E-state index contributed by atoms with van der Waals surface area (Å²) in [4.78, 5) is 13.8. The Morgan fingerprint density at radius 2 is 0.816 bits per heavy atom. The molecule has 0 fully saturated rings. The van der Waals surface area contributed by atoms with Crippen LogP contribution in [0.5, 0.6) is 23.0 Å². The molecule has 49 heavy (non-hydrogen) atoms. The molecule has 5 rings (SSSR count). The molecular weight excluding hydrogens is 1320 g/mol. The molecule has 0 aliphatic rings. The summed E-state index contributed by atoms with van der Waals surface area (Å²) < 4.78 is 4.07. The fourth-order valence-corrected chi connectivity index (χ4v) is 11.4. The van der Waals surface area contributed by atoms with Gasteiger partial charge < -0.3 is 20.4 Å². The molecule has 0 spiro atoms. The van der Waals surface area contributed by atoms with Gasteiger partial charge in [-0.3, -0.25) is 4.79 Å². The van der Waals surface area contributed by atoms with E-state index in [0.717, 1.165) is 38.9 Å². The number of hydrogen-bond donors (Lipinski definition) is 5. The van der Waals surface area contributed by atoms with Crippen LogP contribution >= 0.6 is 148 Å². The number of hydrogen-bond acceptors (Lipinski definition) is 6. The lowest BCUT2D eigenvalue weighted by Crippen LogP contribution is -2.30. The van der Waals surface area contributed by atoms with Crippen LogP contribution in [0.4, 0.5) is 0 Å². The van der Waals surface area contributed by atoms with Gasteiger partial charge in [0.2, 0.25) is 0 Å². The molecule has 5 aromatic carbocycles. The van der Waals surface area contributed by atoms with Crippen molar-refractivity contribution < 1.29 is 25.2 Å². The lowest BCUT2D eigenvalue weighted by atomic mass is 9.66. The minimum Gasteiger partial charge on any atom is -0.507 e. The molecule has 0 aliphatic carbocycles. The summed E-state index contributed by atoms with van der Waals surface area (Å²) in [5.74, 6) is 0.597. The fourth-order valence-electron chi connectivity index (χ4n) is 6.02. The lowest BCUT2D eigenvalue weighted by molar-refractivity contribution is 0.101. The SMILES string of the molecule is CC(=O)c1cc(C(C)(c2cc(C)c(O)c(I)c2)c2cc(I)c(O)c(I)c2)cc(C(C)(c2cc(S)c(O)c(I)c2)c2cc(I)c(O)c(I)c2)c1. The smallest absolute Gasteiger partial charge is 0.159 e. The number of thiol groups is 1. The number of carbonyl (C=O) groups is 1. The summed E-state index contributed by atoms with van der Waals surface area (Å²) in [5, 5.41) is 43.0. The lowest BCUT2D eigenvalue weighted by Gasteiger charge is -2.37. The highest BCUT2D eigenvalue weighted by molar-refractivity contribution is 14.1. The number of carbonyl (C=O) groups excluding carboxylic acids is 1. The second kappa shape index (κ2) is 15.2. The Balaban J connectivity index is 1.97. The molecule has 0 bridgehead atoms. The number of phenols is 4. The van der Waals surface area contributed by atoms with E-state index in [9.17, 15) is 25.2 Å². The van der Waals surface area contributed by atoms with Gasteiger partial charge in [-0.25, -0.2) is 0 Å². The van der Waals surface area contributed by atoms with Gasteiger partial charge >= 0.3 is 0 Å². The van der Waals surface area contributed by atoms with E-state index in [1.54, 1.807) is 6.92 Å². The second-order valence-electron chi connectivity index (χ2n) is 12.1. The third-order valence-electron chi connectivity index (χ3n) is 9.13. The molecule has 0 aromatic heterocycles. The molecule has 0 heterocycles. The second-order valence-corrected chi connectivity index (χ2v) is 19.6. The van der Waals surface area contributed by atoms with E-state index in [1.807, 2.05) is 67.6 Å². The van der Waals surface area contributed by atoms with Crippen LogP contribution in [0.3, 0.4) is 0 Å². The predicted molar refractivity (Wildman–Crippen MR) is 248 cm³/mol. The highest BCUT2D eigenvalue weighted by atomic mass is 127. The van der Waals surface area contributed by atoms with Gasteiger partial charge in [-0.2, -0.15) is 0 Å². The summed E-state index contributed by atoms with van der Waals surface area (Å²) in [7, 11) is 0. The predicted octanol–water partition coefficient (Wildman–Crippen LogP) is 11.6. The monoisotopic (exact) mass is 1350 g/mol. The number of rotatable bonds is 7. The Morgan fingerprint density at radius 1 is 0.510 bits per heavy atom. The average molecular weight is 1350 g/mol. The zero-order valence-electron chi connectivity index (χ0n) is 26.3. The Kier molecular flexibility index (Phi) is 12.4. The molecule has 2 atom stereocenters. The number of halogens is 6. The van der Waals surface area contributed by atoms with E-state index in [0.29, 0.717) is 31.9 Å². The molecule has 5 nitrogen and oxygen atoms in total. The van der Waals surface area contributed by atoms with Gasteiger partial charge in [0.05, 0.1) is 21.4 Å². The molecule has 5 aromatic rings. The zero-order valence-corrected chi connectivity index (χ0v) is 40.1. The Bertz CT molecular complexity index is 1830. The number of benzene rings is 5. The average Bonchev–Trinajstić information content (AvgIpc) is 3.05. The molecule has 254 valence electrons. The minimum atomic E-state index is -0.892. The number of aryl methyl sites for hydroxylation is 1. The Hall–Kier alpha value is -0.300. The van der Waals surface area contributed by atoms with Crippen LogP contribution in [0.25, 0.3) is 0 Å². The Labute approximate surface area is 372 Å². The first-order valence-electron chi connectivity index (χ1n) is 14.6. The first-order chi connectivity index (χ1) is 22.8. The summed E-state index contributed by atoms with van der Waals surface area (Å²) >= 11 is 17.4. The van der Waals surface area contributed by atoms with E-state index >= 15 is 0 Å². The number of aromatic hydroxyl groups is 4. The molecular formula is C37H28I6O5S. The molecule has 0 aliphatic heterocycles. The summed E-state index contributed by atoms with van der Waals surface area (Å²) in [6.07, 6.45) is 0. The van der Waals surface area contributed by atoms with E-state index in [2.05, 4.69) is 168 Å². The highest BCUT2D eigenvalue weighted by Gasteiger charge is 2.39. The van der Waals surface area contributed by atoms with Gasteiger partial charge in [-0.15, -0.1) is 12.6 Å². The molecule has 0 saturated carbocycles. The first kappa shape index (κ1) is 39.9. The molecule has 0 amide bonds. The van der Waals surface area contributed by atoms with Gasteiger partial charge in [0.1, 0.15) is 23.0 Å². The first-order valence-corrected chi connectivity index (χ1v) is 21.5. The van der Waals surface area contributed by atoms with E-state index < -0.39 is 10.8 Å². The van der Waals surface area contributed by atoms with Crippen molar-refractivity contribution in [1.29, 1.82) is 0 Å². The maximum atomic E-state index is 13.4. The van der Waals surface area contributed by atoms with Gasteiger partial charge in [-0.05, 0) is 257 Å². The van der Waals surface area contributed by atoms with E-state index in [-0.39, 0.29) is 28.8 Å². The summed E-state index contributed by atoms with van der Waals surface area (Å²) in [6.45, 7) is 7.62. The maximum Gasteiger partial charge on any atom is 0.159 e. The maximum absolute atomic E-state index is 13.4. The van der Waals surface area contributed by atoms with Gasteiger partial charge in [0, 0.05) is 21.3 Å². The highest BCUT2D eigenvalue weighted by Crippen LogP contribution is 2.49. The normalized spacial score (nSPS) is 13.9. The van der Waals surface area contributed by atoms with Crippen LogP contribution in [0.1, 0.15) is 70.1 Å². The molecule has 2 unspecified atom stereocenters. The third kappa shape index (κ3) is 7.44. The summed E-state index contributed by atoms with van der Waals surface area (Å²) in [5.41, 5.74) is 4.67. The van der Waals surface area contributed by atoms with Gasteiger partial charge in [0.25, 0.3) is 0 Å². The number of phenolic OH excluding ortho intramolecular Hbond substituents is 4. The van der Waals surface area contributed by atoms with Crippen LogP contribution in [-0.2, 0) is 10.8 Å². The standard InChI is InChI=1S/C37H28I6O5S/c1-16-5-19(9-25(38)32(16)45)36(3,22-10-26(39)33(46)27(40)11-22)20-6-18(17(2)44)7-21(8-20)37(4,23-12-28(41)34(47)29(42)13-23)24-14-30(43)35(48)31(49)15-24/h5-15,45-49H,1-4H3. The van der Waals surface area contributed by atoms with E-state index in [4.69, 9.17) is 0 Å². The van der Waals surface area contributed by atoms with Crippen LogP contribution in [0.2, 0.25) is 0 Å². The topological polar surface area (TPSA) is 98.0 Å². The molecule has 0 saturated heterocycles. The minimum absolute atomic E-state index is 0.0875. The van der Waals surface area contributed by atoms with Crippen molar-refractivity contribution in [3.05, 3.63) is 133 Å². The van der Waals surface area contributed by atoms with Crippen molar-refractivity contribution in [1.82, 2.24) is 0 Å². The quantitative estimate of drug-likeness (QED) is 0.0484. The Morgan fingerprint density at radius 3 is 1.16 bits per heavy atom.